The normalized spacial score (nSPS) is 10.2. The third kappa shape index (κ3) is 4.30. The minimum Gasteiger partial charge on any atom is -0.495 e. The van der Waals surface area contributed by atoms with Crippen LogP contribution in [0.2, 0.25) is 0 Å². The lowest BCUT2D eigenvalue weighted by Gasteiger charge is -2.15. The first-order valence-corrected chi connectivity index (χ1v) is 8.11. The van der Waals surface area contributed by atoms with Gasteiger partial charge in [-0.3, -0.25) is 4.79 Å². The smallest absolute Gasteiger partial charge is 0.254 e. The molecule has 0 fully saturated rings. The largest absolute Gasteiger partial charge is 0.495 e. The molecule has 7 nitrogen and oxygen atoms in total. The van der Waals surface area contributed by atoms with Crippen LogP contribution in [-0.4, -0.2) is 30.0 Å². The van der Waals surface area contributed by atoms with Crippen LogP contribution in [0, 0.1) is 5.82 Å². The van der Waals surface area contributed by atoms with Crippen LogP contribution in [0.1, 0.15) is 10.4 Å². The molecule has 0 unspecified atom stereocenters. The Bertz CT molecular complexity index is 947. The van der Waals surface area contributed by atoms with Gasteiger partial charge in [0.05, 0.1) is 30.2 Å². The summed E-state index contributed by atoms with van der Waals surface area (Å²) in [6.07, 6.45) is 2.55. The summed E-state index contributed by atoms with van der Waals surface area (Å²) in [6, 6.07) is 11.8. The van der Waals surface area contributed by atoms with Gasteiger partial charge in [0, 0.05) is 19.3 Å². The van der Waals surface area contributed by atoms with Crippen molar-refractivity contribution in [2.45, 2.75) is 0 Å². The van der Waals surface area contributed by atoms with E-state index >= 15 is 0 Å². The number of aromatic nitrogens is 2. The number of rotatable bonds is 6. The van der Waals surface area contributed by atoms with E-state index in [9.17, 15) is 9.18 Å². The summed E-state index contributed by atoms with van der Waals surface area (Å²) in [4.78, 5) is 20.4. The number of nitrogens with zero attached hydrogens (tertiary/aromatic N) is 2. The van der Waals surface area contributed by atoms with Gasteiger partial charge in [0.2, 0.25) is 0 Å². The second-order valence-electron chi connectivity index (χ2n) is 5.51. The zero-order valence-electron chi connectivity index (χ0n) is 14.8. The summed E-state index contributed by atoms with van der Waals surface area (Å²) in [7, 11) is 3.11. The van der Waals surface area contributed by atoms with E-state index in [2.05, 4.69) is 25.9 Å². The Morgan fingerprint density at radius 2 is 1.78 bits per heavy atom. The molecule has 138 valence electrons. The third-order valence-electron chi connectivity index (χ3n) is 3.74. The number of benzene rings is 1. The number of nitrogens with one attached hydrogen (secondary N) is 3. The van der Waals surface area contributed by atoms with Gasteiger partial charge in [0.15, 0.2) is 0 Å². The van der Waals surface area contributed by atoms with Gasteiger partial charge in [-0.05, 0) is 24.3 Å². The zero-order chi connectivity index (χ0) is 19.2. The molecule has 0 bridgehead atoms. The molecule has 0 spiro atoms. The van der Waals surface area contributed by atoms with Gasteiger partial charge in [0.1, 0.15) is 23.2 Å². The van der Waals surface area contributed by atoms with E-state index in [0.29, 0.717) is 34.3 Å². The van der Waals surface area contributed by atoms with Crippen LogP contribution >= 0.6 is 0 Å². The summed E-state index contributed by atoms with van der Waals surface area (Å²) in [5, 5.41) is 8.76. The standard InChI is InChI=1S/C19H18FN5O2/c1-21-19(26)13-11-23-18(25-17-8-7-12(20)10-22-17)9-15(13)24-14-5-3-4-6-16(14)27-2/h3-11H,1-2H3,(H,21,26)(H2,22,23,24,25). The maximum absolute atomic E-state index is 13.0. The van der Waals surface area contributed by atoms with Crippen LogP contribution in [0.4, 0.5) is 27.4 Å². The van der Waals surface area contributed by atoms with Crippen molar-refractivity contribution in [1.29, 1.82) is 0 Å². The first-order valence-electron chi connectivity index (χ1n) is 8.11. The van der Waals surface area contributed by atoms with Crippen molar-refractivity contribution in [3.8, 4) is 5.75 Å². The highest BCUT2D eigenvalue weighted by atomic mass is 19.1. The molecule has 1 aromatic carbocycles. The summed E-state index contributed by atoms with van der Waals surface area (Å²) in [5.41, 5.74) is 1.58. The van der Waals surface area contributed by atoms with Gasteiger partial charge in [-0.25, -0.2) is 14.4 Å². The molecule has 0 aliphatic rings. The van der Waals surface area contributed by atoms with Crippen LogP contribution in [0.3, 0.4) is 0 Å². The topological polar surface area (TPSA) is 88.2 Å². The molecular weight excluding hydrogens is 349 g/mol. The molecule has 3 N–H and O–H groups in total. The SMILES string of the molecule is CNC(=O)c1cnc(Nc2ccc(F)cn2)cc1Nc1ccccc1OC. The van der Waals surface area contributed by atoms with Crippen LogP contribution in [-0.2, 0) is 0 Å². The average Bonchev–Trinajstić information content (AvgIpc) is 2.70. The Hall–Kier alpha value is -3.68. The molecule has 8 heteroatoms. The van der Waals surface area contributed by atoms with Gasteiger partial charge in [-0.1, -0.05) is 12.1 Å². The number of ether oxygens (including phenoxy) is 1. The van der Waals surface area contributed by atoms with Gasteiger partial charge in [-0.15, -0.1) is 0 Å². The Morgan fingerprint density at radius 3 is 2.48 bits per heavy atom. The van der Waals surface area contributed by atoms with E-state index in [1.54, 1.807) is 20.2 Å². The molecule has 2 aromatic heterocycles. The molecular formula is C19H18FN5O2. The summed E-state index contributed by atoms with van der Waals surface area (Å²) in [6.45, 7) is 0. The van der Waals surface area contributed by atoms with Gasteiger partial charge in [0.25, 0.3) is 5.91 Å². The number of methoxy groups -OCH3 is 1. The quantitative estimate of drug-likeness (QED) is 0.618. The molecule has 27 heavy (non-hydrogen) atoms. The van der Waals surface area contributed by atoms with Crippen molar-refractivity contribution < 1.29 is 13.9 Å². The van der Waals surface area contributed by atoms with Gasteiger partial charge >= 0.3 is 0 Å². The van der Waals surface area contributed by atoms with Crippen LogP contribution in [0.15, 0.2) is 54.9 Å². The first kappa shape index (κ1) is 18.1. The van der Waals surface area contributed by atoms with E-state index in [0.717, 1.165) is 6.20 Å². The molecule has 0 atom stereocenters. The fraction of sp³-hybridized carbons (Fsp3) is 0.105. The van der Waals surface area contributed by atoms with Crippen molar-refractivity contribution in [3.05, 3.63) is 66.2 Å². The second-order valence-corrected chi connectivity index (χ2v) is 5.51. The minimum atomic E-state index is -0.429. The van der Waals surface area contributed by atoms with Crippen molar-refractivity contribution in [2.24, 2.45) is 0 Å². The van der Waals surface area contributed by atoms with E-state index in [4.69, 9.17) is 4.74 Å². The van der Waals surface area contributed by atoms with Crippen LogP contribution < -0.4 is 20.7 Å². The number of hydrogen-bond donors (Lipinski definition) is 3. The molecule has 0 saturated carbocycles. The molecule has 0 saturated heterocycles. The molecule has 1 amide bonds. The number of amides is 1. The summed E-state index contributed by atoms with van der Waals surface area (Å²) >= 11 is 0. The zero-order valence-corrected chi connectivity index (χ0v) is 14.8. The number of halogens is 1. The van der Waals surface area contributed by atoms with Crippen molar-refractivity contribution >= 4 is 28.9 Å². The lowest BCUT2D eigenvalue weighted by molar-refractivity contribution is 0.0963. The lowest BCUT2D eigenvalue weighted by Crippen LogP contribution is -2.19. The number of carbonyl (C=O) groups excluding carboxylic acids is 1. The summed E-state index contributed by atoms with van der Waals surface area (Å²) < 4.78 is 18.4. The molecule has 0 radical (unpaired) electrons. The fourth-order valence-electron chi connectivity index (χ4n) is 2.42. The number of anilines is 4. The highest BCUT2D eigenvalue weighted by Crippen LogP contribution is 2.30. The molecule has 0 aliphatic carbocycles. The average molecular weight is 367 g/mol. The van der Waals surface area contributed by atoms with E-state index < -0.39 is 5.82 Å². The van der Waals surface area contributed by atoms with Crippen molar-refractivity contribution in [2.75, 3.05) is 24.8 Å². The maximum Gasteiger partial charge on any atom is 0.254 e. The Labute approximate surface area is 155 Å². The fourth-order valence-corrected chi connectivity index (χ4v) is 2.42. The van der Waals surface area contributed by atoms with E-state index in [1.165, 1.54) is 18.3 Å². The van der Waals surface area contributed by atoms with E-state index in [-0.39, 0.29) is 5.91 Å². The Kier molecular flexibility index (Phi) is 5.46. The minimum absolute atomic E-state index is 0.286. The van der Waals surface area contributed by atoms with Crippen molar-refractivity contribution in [3.63, 3.8) is 0 Å². The number of hydrogen-bond acceptors (Lipinski definition) is 6. The van der Waals surface area contributed by atoms with Crippen LogP contribution in [0.25, 0.3) is 0 Å². The third-order valence-corrected chi connectivity index (χ3v) is 3.74. The first-order chi connectivity index (χ1) is 13.1. The highest BCUT2D eigenvalue weighted by Gasteiger charge is 2.14. The van der Waals surface area contributed by atoms with Gasteiger partial charge < -0.3 is 20.7 Å². The summed E-state index contributed by atoms with van der Waals surface area (Å²) in [5.74, 6) is 0.791. The molecule has 2 heterocycles. The van der Waals surface area contributed by atoms with Gasteiger partial charge in [-0.2, -0.15) is 0 Å². The predicted octanol–water partition coefficient (Wildman–Crippen LogP) is 3.47. The molecule has 3 aromatic rings. The van der Waals surface area contributed by atoms with Crippen molar-refractivity contribution in [1.82, 2.24) is 15.3 Å². The lowest BCUT2D eigenvalue weighted by atomic mass is 10.2. The number of pyridine rings is 2. The predicted molar refractivity (Wildman–Crippen MR) is 101 cm³/mol. The van der Waals surface area contributed by atoms with Crippen LogP contribution in [0.5, 0.6) is 5.75 Å². The Morgan fingerprint density at radius 1 is 1.00 bits per heavy atom. The number of carbonyl (C=O) groups is 1. The monoisotopic (exact) mass is 367 g/mol. The maximum atomic E-state index is 13.0. The Balaban J connectivity index is 1.95. The second kappa shape index (κ2) is 8.13. The number of para-hydroxylation sites is 2. The van der Waals surface area contributed by atoms with E-state index in [1.807, 2.05) is 24.3 Å². The highest BCUT2D eigenvalue weighted by molar-refractivity contribution is 6.00. The molecule has 0 aliphatic heterocycles. The molecule has 3 rings (SSSR count).